The van der Waals surface area contributed by atoms with Crippen molar-refractivity contribution < 1.29 is 24.2 Å². The largest absolute Gasteiger partial charge is 0.505 e. The van der Waals surface area contributed by atoms with Gasteiger partial charge in [-0.25, -0.2) is 4.98 Å². The molecule has 2 heterocycles. The zero-order valence-corrected chi connectivity index (χ0v) is 15.1. The minimum absolute atomic E-state index is 0.0149. The summed E-state index contributed by atoms with van der Waals surface area (Å²) in [5.74, 6) is -0.607. The number of methoxy groups -OCH3 is 2. The van der Waals surface area contributed by atoms with Crippen molar-refractivity contribution in [1.82, 2.24) is 15.2 Å². The first-order chi connectivity index (χ1) is 12.5. The summed E-state index contributed by atoms with van der Waals surface area (Å²) < 4.78 is 10.7. The highest BCUT2D eigenvalue weighted by Gasteiger charge is 2.53. The number of hydrogen-bond donors (Lipinski definition) is 2. The van der Waals surface area contributed by atoms with Gasteiger partial charge in [0.25, 0.3) is 5.91 Å². The van der Waals surface area contributed by atoms with Crippen molar-refractivity contribution in [2.75, 3.05) is 27.4 Å². The van der Waals surface area contributed by atoms with Gasteiger partial charge < -0.3 is 24.8 Å². The van der Waals surface area contributed by atoms with Crippen molar-refractivity contribution in [3.8, 4) is 5.75 Å². The lowest BCUT2D eigenvalue weighted by molar-refractivity contribution is -0.126. The van der Waals surface area contributed by atoms with Crippen LogP contribution in [0.1, 0.15) is 36.2 Å². The lowest BCUT2D eigenvalue weighted by Gasteiger charge is -2.43. The van der Waals surface area contributed by atoms with E-state index < -0.39 is 5.60 Å². The number of carbonyl (C=O) groups is 2. The summed E-state index contributed by atoms with van der Waals surface area (Å²) >= 11 is 0. The van der Waals surface area contributed by atoms with Gasteiger partial charge in [-0.1, -0.05) is 0 Å². The summed E-state index contributed by atoms with van der Waals surface area (Å²) in [4.78, 5) is 30.6. The normalized spacial score (nSPS) is 27.8. The van der Waals surface area contributed by atoms with E-state index in [9.17, 15) is 14.7 Å². The number of nitrogens with one attached hydrogen (secondary N) is 1. The van der Waals surface area contributed by atoms with Crippen molar-refractivity contribution in [3.05, 3.63) is 24.0 Å². The van der Waals surface area contributed by atoms with Crippen LogP contribution < -0.4 is 5.32 Å². The Kier molecular flexibility index (Phi) is 5.43. The van der Waals surface area contributed by atoms with Gasteiger partial charge in [0.2, 0.25) is 5.91 Å². The minimum Gasteiger partial charge on any atom is -0.505 e. The van der Waals surface area contributed by atoms with E-state index in [0.717, 1.165) is 19.3 Å². The van der Waals surface area contributed by atoms with E-state index in [0.29, 0.717) is 13.0 Å². The van der Waals surface area contributed by atoms with E-state index in [-0.39, 0.29) is 41.9 Å². The molecule has 0 unspecified atom stereocenters. The Hall–Kier alpha value is -2.19. The molecule has 142 valence electrons. The number of amides is 2. The average molecular weight is 363 g/mol. The predicted octanol–water partition coefficient (Wildman–Crippen LogP) is 0.702. The number of carbonyl (C=O) groups excluding carboxylic acids is 2. The molecule has 0 aromatic carbocycles. The number of nitrogens with zero attached hydrogens (tertiary/aromatic N) is 2. The Morgan fingerprint density at radius 3 is 2.92 bits per heavy atom. The van der Waals surface area contributed by atoms with Crippen molar-refractivity contribution in [2.24, 2.45) is 0 Å². The fraction of sp³-hybridized carbons (Fsp3) is 0.611. The van der Waals surface area contributed by atoms with Crippen LogP contribution in [0, 0.1) is 0 Å². The van der Waals surface area contributed by atoms with Gasteiger partial charge in [0.15, 0.2) is 5.69 Å². The van der Waals surface area contributed by atoms with Gasteiger partial charge in [0.1, 0.15) is 12.4 Å². The first-order valence-corrected chi connectivity index (χ1v) is 8.79. The summed E-state index contributed by atoms with van der Waals surface area (Å²) in [6, 6.07) is 2.81. The second-order valence-corrected chi connectivity index (χ2v) is 6.88. The first-order valence-electron chi connectivity index (χ1n) is 8.79. The number of fused-ring (bicyclic) bond motifs is 1. The molecule has 3 rings (SSSR count). The summed E-state index contributed by atoms with van der Waals surface area (Å²) in [6.07, 6.45) is 4.36. The molecule has 2 fully saturated rings. The van der Waals surface area contributed by atoms with E-state index in [4.69, 9.17) is 9.47 Å². The lowest BCUT2D eigenvalue weighted by atomic mass is 9.78. The standard InChI is InChI=1S/C18H25N3O5/c1-25-11-15(23)20-12-5-6-18(26-2)7-9-21(14(18)10-12)17(24)16-13(22)4-3-8-19-16/h3-4,8,12,14,22H,5-7,9-11H2,1-2H3,(H,20,23)/t12-,14+,18-/m1/s1. The number of ether oxygens (including phenoxy) is 2. The zero-order valence-electron chi connectivity index (χ0n) is 15.1. The summed E-state index contributed by atoms with van der Waals surface area (Å²) in [5.41, 5.74) is -0.368. The van der Waals surface area contributed by atoms with Crippen molar-refractivity contribution in [1.29, 1.82) is 0 Å². The molecule has 8 heteroatoms. The van der Waals surface area contributed by atoms with Gasteiger partial charge >= 0.3 is 0 Å². The van der Waals surface area contributed by atoms with Crippen LogP contribution in [0.2, 0.25) is 0 Å². The topological polar surface area (TPSA) is 101 Å². The van der Waals surface area contributed by atoms with Crippen LogP contribution in [0.5, 0.6) is 5.75 Å². The van der Waals surface area contributed by atoms with Gasteiger partial charge in [0, 0.05) is 33.0 Å². The van der Waals surface area contributed by atoms with Gasteiger partial charge in [-0.3, -0.25) is 9.59 Å². The van der Waals surface area contributed by atoms with Crippen molar-refractivity contribution in [3.63, 3.8) is 0 Å². The minimum atomic E-state index is -0.414. The maximum atomic E-state index is 13.0. The zero-order chi connectivity index (χ0) is 18.7. The molecule has 1 aromatic heterocycles. The van der Waals surface area contributed by atoms with Gasteiger partial charge in [-0.2, -0.15) is 0 Å². The number of pyridine rings is 1. The predicted molar refractivity (Wildman–Crippen MR) is 92.7 cm³/mol. The van der Waals surface area contributed by atoms with E-state index in [1.165, 1.54) is 19.4 Å². The first kappa shape index (κ1) is 18.6. The Balaban J connectivity index is 1.79. The van der Waals surface area contributed by atoms with Crippen LogP contribution in [0.3, 0.4) is 0 Å². The van der Waals surface area contributed by atoms with Crippen LogP contribution in [0.15, 0.2) is 18.3 Å². The van der Waals surface area contributed by atoms with Crippen molar-refractivity contribution in [2.45, 2.75) is 43.4 Å². The molecule has 1 saturated carbocycles. The summed E-state index contributed by atoms with van der Waals surface area (Å²) in [7, 11) is 3.15. The maximum absolute atomic E-state index is 13.0. The Morgan fingerprint density at radius 1 is 1.42 bits per heavy atom. The molecule has 1 aromatic rings. The van der Waals surface area contributed by atoms with Gasteiger partial charge in [0.05, 0.1) is 11.6 Å². The highest BCUT2D eigenvalue weighted by Crippen LogP contribution is 2.43. The fourth-order valence-corrected chi connectivity index (χ4v) is 4.17. The molecule has 2 N–H and O–H groups in total. The number of rotatable bonds is 5. The second kappa shape index (κ2) is 7.59. The van der Waals surface area contributed by atoms with E-state index in [2.05, 4.69) is 10.3 Å². The summed E-state index contributed by atoms with van der Waals surface area (Å²) in [6.45, 7) is 0.549. The highest BCUT2D eigenvalue weighted by molar-refractivity contribution is 5.95. The van der Waals surface area contributed by atoms with E-state index in [1.807, 2.05) is 0 Å². The molecule has 3 atom stereocenters. The van der Waals surface area contributed by atoms with E-state index >= 15 is 0 Å². The van der Waals surface area contributed by atoms with Crippen LogP contribution in [0.4, 0.5) is 0 Å². The molecule has 26 heavy (non-hydrogen) atoms. The van der Waals surface area contributed by atoms with Crippen LogP contribution in [-0.4, -0.2) is 71.9 Å². The van der Waals surface area contributed by atoms with Crippen LogP contribution >= 0.6 is 0 Å². The quantitative estimate of drug-likeness (QED) is 0.799. The van der Waals surface area contributed by atoms with Gasteiger partial charge in [-0.15, -0.1) is 0 Å². The third-order valence-corrected chi connectivity index (χ3v) is 5.48. The smallest absolute Gasteiger partial charge is 0.276 e. The molecule has 1 saturated heterocycles. The Labute approximate surface area is 152 Å². The summed E-state index contributed by atoms with van der Waals surface area (Å²) in [5, 5.41) is 12.9. The highest BCUT2D eigenvalue weighted by atomic mass is 16.5. The third-order valence-electron chi connectivity index (χ3n) is 5.48. The number of aromatic nitrogens is 1. The van der Waals surface area contributed by atoms with Gasteiger partial charge in [-0.05, 0) is 37.8 Å². The van der Waals surface area contributed by atoms with Crippen LogP contribution in [-0.2, 0) is 14.3 Å². The maximum Gasteiger partial charge on any atom is 0.276 e. The second-order valence-electron chi connectivity index (χ2n) is 6.88. The molecular formula is C18H25N3O5. The SMILES string of the molecule is COCC(=O)N[C@@H]1CC[C@@]2(OC)CCN(C(=O)c3ncccc3O)[C@H]2C1. The molecular weight excluding hydrogens is 338 g/mol. The number of likely N-dealkylation sites (tertiary alicyclic amines) is 1. The fourth-order valence-electron chi connectivity index (χ4n) is 4.17. The Bertz CT molecular complexity index is 683. The molecule has 1 aliphatic carbocycles. The average Bonchev–Trinajstić information content (AvgIpc) is 3.01. The molecule has 2 aliphatic rings. The lowest BCUT2D eigenvalue weighted by Crippen LogP contribution is -2.56. The number of hydrogen-bond acceptors (Lipinski definition) is 6. The Morgan fingerprint density at radius 2 is 2.23 bits per heavy atom. The molecule has 2 amide bonds. The van der Waals surface area contributed by atoms with E-state index in [1.54, 1.807) is 18.1 Å². The molecule has 1 aliphatic heterocycles. The monoisotopic (exact) mass is 363 g/mol. The number of aromatic hydroxyl groups is 1. The third kappa shape index (κ3) is 3.39. The van der Waals surface area contributed by atoms with Crippen LogP contribution in [0.25, 0.3) is 0 Å². The van der Waals surface area contributed by atoms with Crippen molar-refractivity contribution >= 4 is 11.8 Å². The molecule has 0 spiro atoms. The molecule has 0 radical (unpaired) electrons. The molecule has 0 bridgehead atoms. The molecule has 8 nitrogen and oxygen atoms in total.